The van der Waals surface area contributed by atoms with Crippen molar-refractivity contribution >= 4 is 45.5 Å². The van der Waals surface area contributed by atoms with E-state index >= 15 is 0 Å². The summed E-state index contributed by atoms with van der Waals surface area (Å²) in [6.45, 7) is 1.96. The van der Waals surface area contributed by atoms with Crippen LogP contribution in [0.25, 0.3) is 10.6 Å². The molecular weight excluding hydrogens is 449 g/mol. The first-order valence-electron chi connectivity index (χ1n) is 8.51. The quantitative estimate of drug-likeness (QED) is 0.501. The fourth-order valence-corrected chi connectivity index (χ4v) is 5.90. The first-order chi connectivity index (χ1) is 12.0. The van der Waals surface area contributed by atoms with Gasteiger partial charge in [-0.25, -0.2) is 4.98 Å². The molecule has 5 rings (SSSR count). The molecule has 0 radical (unpaired) electrons. The Kier molecular flexibility index (Phi) is 3.66. The molecule has 0 N–H and O–H groups in total. The van der Waals surface area contributed by atoms with Gasteiger partial charge in [-0.3, -0.25) is 9.59 Å². The van der Waals surface area contributed by atoms with Gasteiger partial charge in [-0.05, 0) is 54.5 Å². The zero-order valence-corrected chi connectivity index (χ0v) is 16.5. The fourth-order valence-electron chi connectivity index (χ4n) is 4.59. The molecule has 3 aliphatic rings. The van der Waals surface area contributed by atoms with Crippen LogP contribution >= 0.6 is 33.9 Å². The lowest BCUT2D eigenvalue weighted by Gasteiger charge is -2.16. The van der Waals surface area contributed by atoms with Crippen molar-refractivity contribution in [2.24, 2.45) is 11.8 Å². The molecule has 3 fully saturated rings. The maximum atomic E-state index is 13.0. The van der Waals surface area contributed by atoms with Gasteiger partial charge in [0.25, 0.3) is 0 Å². The fraction of sp³-hybridized carbons (Fsp3) is 0.421. The van der Waals surface area contributed by atoms with E-state index in [2.05, 4.69) is 22.6 Å². The Labute approximate surface area is 163 Å². The second kappa shape index (κ2) is 5.69. The Morgan fingerprint density at radius 3 is 2.28 bits per heavy atom. The van der Waals surface area contributed by atoms with Crippen LogP contribution in [0.5, 0.6) is 0 Å². The SMILES string of the molecule is Cc1sc(-c2ccc(I)cc2)nc1C1C(=O)[C@@H]2[C@H](C1=O)[C@@H]1CC[C@H]2O1. The summed E-state index contributed by atoms with van der Waals surface area (Å²) in [5.41, 5.74) is 1.70. The maximum Gasteiger partial charge on any atom is 0.155 e. The number of Topliss-reactive ketones (excluding diaryl/α,β-unsaturated/α-hetero) is 2. The number of halogens is 1. The van der Waals surface area contributed by atoms with E-state index in [4.69, 9.17) is 9.72 Å². The highest BCUT2D eigenvalue weighted by molar-refractivity contribution is 14.1. The number of hydrogen-bond donors (Lipinski definition) is 0. The average Bonchev–Trinajstić information content (AvgIpc) is 3.33. The highest BCUT2D eigenvalue weighted by Crippen LogP contribution is 2.52. The molecule has 25 heavy (non-hydrogen) atoms. The van der Waals surface area contributed by atoms with E-state index in [1.165, 1.54) is 3.57 Å². The number of ether oxygens (including phenoxy) is 1. The number of carbonyl (C=O) groups is 2. The van der Waals surface area contributed by atoms with E-state index in [1.54, 1.807) is 11.3 Å². The maximum absolute atomic E-state index is 13.0. The van der Waals surface area contributed by atoms with Crippen LogP contribution in [0.15, 0.2) is 24.3 Å². The van der Waals surface area contributed by atoms with Gasteiger partial charge in [0.05, 0.1) is 29.7 Å². The largest absolute Gasteiger partial charge is 0.373 e. The molecule has 1 aromatic heterocycles. The van der Waals surface area contributed by atoms with Crippen LogP contribution in [-0.4, -0.2) is 28.8 Å². The molecule has 1 aliphatic carbocycles. The van der Waals surface area contributed by atoms with Gasteiger partial charge >= 0.3 is 0 Å². The van der Waals surface area contributed by atoms with Gasteiger partial charge in [0.2, 0.25) is 0 Å². The summed E-state index contributed by atoms with van der Waals surface area (Å²) in [5, 5.41) is 0.876. The summed E-state index contributed by atoms with van der Waals surface area (Å²) < 4.78 is 6.99. The third-order valence-corrected chi connectivity index (χ3v) is 7.45. The number of carbonyl (C=O) groups excluding carboxylic acids is 2. The van der Waals surface area contributed by atoms with E-state index < -0.39 is 5.92 Å². The molecule has 2 aromatic rings. The molecule has 0 amide bonds. The number of aromatic nitrogens is 1. The second-order valence-corrected chi connectivity index (χ2v) is 9.50. The van der Waals surface area contributed by atoms with Gasteiger partial charge in [-0.2, -0.15) is 0 Å². The average molecular weight is 465 g/mol. The topological polar surface area (TPSA) is 56.3 Å². The molecule has 1 aromatic carbocycles. The minimum Gasteiger partial charge on any atom is -0.373 e. The summed E-state index contributed by atoms with van der Waals surface area (Å²) >= 11 is 3.83. The van der Waals surface area contributed by atoms with E-state index in [0.717, 1.165) is 28.3 Å². The van der Waals surface area contributed by atoms with E-state index in [1.807, 2.05) is 31.2 Å². The van der Waals surface area contributed by atoms with Crippen molar-refractivity contribution in [2.75, 3.05) is 0 Å². The first kappa shape index (κ1) is 16.1. The van der Waals surface area contributed by atoms with Crippen molar-refractivity contribution in [3.8, 4) is 10.6 Å². The highest BCUT2D eigenvalue weighted by Gasteiger charge is 2.63. The summed E-state index contributed by atoms with van der Waals surface area (Å²) in [4.78, 5) is 31.7. The minimum atomic E-state index is -0.684. The summed E-state index contributed by atoms with van der Waals surface area (Å²) in [7, 11) is 0. The summed E-state index contributed by atoms with van der Waals surface area (Å²) in [6, 6.07) is 8.14. The number of thiazole rings is 1. The van der Waals surface area contributed by atoms with Crippen molar-refractivity contribution in [3.05, 3.63) is 38.4 Å². The minimum absolute atomic E-state index is 0.0322. The van der Waals surface area contributed by atoms with Crippen molar-refractivity contribution in [1.29, 1.82) is 0 Å². The van der Waals surface area contributed by atoms with E-state index in [-0.39, 0.29) is 35.6 Å². The van der Waals surface area contributed by atoms with Gasteiger partial charge in [0, 0.05) is 14.0 Å². The number of fused-ring (bicyclic) bond motifs is 5. The van der Waals surface area contributed by atoms with Crippen molar-refractivity contribution in [3.63, 3.8) is 0 Å². The van der Waals surface area contributed by atoms with Crippen LogP contribution < -0.4 is 0 Å². The lowest BCUT2D eigenvalue weighted by atomic mass is 9.81. The smallest absolute Gasteiger partial charge is 0.155 e. The van der Waals surface area contributed by atoms with Crippen LogP contribution in [0.3, 0.4) is 0 Å². The molecule has 128 valence electrons. The number of nitrogens with zero attached hydrogens (tertiary/aromatic N) is 1. The molecule has 3 heterocycles. The number of aryl methyl sites for hydroxylation is 1. The summed E-state index contributed by atoms with van der Waals surface area (Å²) in [6.07, 6.45) is 1.71. The molecule has 6 heteroatoms. The van der Waals surface area contributed by atoms with E-state index in [0.29, 0.717) is 5.69 Å². The molecule has 2 bridgehead atoms. The Morgan fingerprint density at radius 2 is 1.68 bits per heavy atom. The third kappa shape index (κ3) is 2.30. The Morgan fingerprint density at radius 1 is 1.08 bits per heavy atom. The normalized spacial score (nSPS) is 33.3. The predicted molar refractivity (Wildman–Crippen MR) is 103 cm³/mol. The van der Waals surface area contributed by atoms with E-state index in [9.17, 15) is 9.59 Å². The molecule has 2 saturated heterocycles. The standard InChI is InChI=1S/C19H16INO3S/c1-8-16(21-19(25-8)9-2-4-10(20)5-3-9)15-17(22)13-11-6-7-12(24-11)14(13)18(15)23/h2-5,11-15H,6-7H2,1H3/t11-,12+,13+,14-,15?. The Hall–Kier alpha value is -1.12. The Balaban J connectivity index is 1.53. The highest BCUT2D eigenvalue weighted by atomic mass is 127. The lowest BCUT2D eigenvalue weighted by Crippen LogP contribution is -2.29. The van der Waals surface area contributed by atoms with Crippen LogP contribution in [0.2, 0.25) is 0 Å². The Bertz CT molecular complexity index is 863. The monoisotopic (exact) mass is 465 g/mol. The molecule has 2 aliphatic heterocycles. The zero-order valence-electron chi connectivity index (χ0n) is 13.6. The number of benzene rings is 1. The van der Waals surface area contributed by atoms with Crippen LogP contribution in [-0.2, 0) is 14.3 Å². The van der Waals surface area contributed by atoms with Crippen molar-refractivity contribution < 1.29 is 14.3 Å². The van der Waals surface area contributed by atoms with Gasteiger partial charge in [-0.1, -0.05) is 12.1 Å². The molecule has 1 saturated carbocycles. The second-order valence-electron chi connectivity index (χ2n) is 7.05. The molecule has 1 unspecified atom stereocenters. The summed E-state index contributed by atoms with van der Waals surface area (Å²) in [5.74, 6) is -1.09. The molecular formula is C19H16INO3S. The first-order valence-corrected chi connectivity index (χ1v) is 10.4. The van der Waals surface area contributed by atoms with Gasteiger partial charge in [-0.15, -0.1) is 11.3 Å². The lowest BCUT2D eigenvalue weighted by molar-refractivity contribution is -0.127. The van der Waals surface area contributed by atoms with Gasteiger partial charge in [0.1, 0.15) is 10.9 Å². The van der Waals surface area contributed by atoms with Crippen LogP contribution in [0.4, 0.5) is 0 Å². The van der Waals surface area contributed by atoms with Gasteiger partial charge in [0.15, 0.2) is 11.6 Å². The zero-order chi connectivity index (χ0) is 17.3. The van der Waals surface area contributed by atoms with Crippen molar-refractivity contribution in [2.45, 2.75) is 37.9 Å². The number of rotatable bonds is 2. The predicted octanol–water partition coefficient (Wildman–Crippen LogP) is 3.75. The van der Waals surface area contributed by atoms with Crippen LogP contribution in [0.1, 0.15) is 29.3 Å². The van der Waals surface area contributed by atoms with Gasteiger partial charge < -0.3 is 4.74 Å². The molecule has 4 nitrogen and oxygen atoms in total. The molecule has 0 spiro atoms. The van der Waals surface area contributed by atoms with Crippen LogP contribution in [0, 0.1) is 22.3 Å². The van der Waals surface area contributed by atoms with Crippen molar-refractivity contribution in [1.82, 2.24) is 4.98 Å². The molecule has 5 atom stereocenters. The number of hydrogen-bond acceptors (Lipinski definition) is 5. The third-order valence-electron chi connectivity index (χ3n) is 5.70. The number of ketones is 2.